The van der Waals surface area contributed by atoms with Gasteiger partial charge in [0.2, 0.25) is 0 Å². The van der Waals surface area contributed by atoms with Crippen LogP contribution in [0.3, 0.4) is 0 Å². The Bertz CT molecular complexity index is 747. The molecule has 7 heteroatoms. The molecule has 7 nitrogen and oxygen atoms in total. The minimum absolute atomic E-state index is 0.192. The van der Waals surface area contributed by atoms with Crippen molar-refractivity contribution in [3.63, 3.8) is 0 Å². The van der Waals surface area contributed by atoms with Crippen LogP contribution in [0, 0.1) is 0 Å². The van der Waals surface area contributed by atoms with Gasteiger partial charge >= 0.3 is 17.8 Å². The SMILES string of the molecule is CCCCOC(=O)c1ccccc1NC(=O)C(=O)Nc1ccccn1. The predicted molar refractivity (Wildman–Crippen MR) is 93.1 cm³/mol. The fourth-order valence-corrected chi connectivity index (χ4v) is 1.95. The van der Waals surface area contributed by atoms with Gasteiger partial charge in [-0.15, -0.1) is 0 Å². The van der Waals surface area contributed by atoms with Crippen LogP contribution in [-0.4, -0.2) is 29.4 Å². The molecular weight excluding hydrogens is 322 g/mol. The summed E-state index contributed by atoms with van der Waals surface area (Å²) in [5.74, 6) is -2.07. The van der Waals surface area contributed by atoms with E-state index in [1.54, 1.807) is 30.3 Å². The van der Waals surface area contributed by atoms with E-state index < -0.39 is 17.8 Å². The van der Waals surface area contributed by atoms with Crippen molar-refractivity contribution in [3.05, 3.63) is 54.2 Å². The lowest BCUT2D eigenvalue weighted by Gasteiger charge is -2.10. The fraction of sp³-hybridized carbons (Fsp3) is 0.222. The number of anilines is 2. The first-order valence-corrected chi connectivity index (χ1v) is 7.91. The number of carbonyl (C=O) groups excluding carboxylic acids is 3. The molecule has 2 N–H and O–H groups in total. The number of amides is 2. The number of esters is 1. The number of benzene rings is 1. The Morgan fingerprint density at radius 1 is 1.00 bits per heavy atom. The first kappa shape index (κ1) is 18.1. The number of hydrogen-bond acceptors (Lipinski definition) is 5. The molecule has 0 saturated carbocycles. The third-order valence-electron chi connectivity index (χ3n) is 3.24. The Labute approximate surface area is 145 Å². The molecule has 1 heterocycles. The average molecular weight is 341 g/mol. The first-order chi connectivity index (χ1) is 12.1. The number of carbonyl (C=O) groups is 3. The smallest absolute Gasteiger partial charge is 0.340 e. The van der Waals surface area contributed by atoms with E-state index in [0.717, 1.165) is 12.8 Å². The molecule has 0 atom stereocenters. The van der Waals surface area contributed by atoms with Crippen LogP contribution in [0.15, 0.2) is 48.7 Å². The molecule has 0 unspecified atom stereocenters. The number of rotatable bonds is 6. The number of aromatic nitrogens is 1. The number of pyridine rings is 1. The average Bonchev–Trinajstić information content (AvgIpc) is 2.63. The number of ether oxygens (including phenoxy) is 1. The van der Waals surface area contributed by atoms with Gasteiger partial charge in [-0.25, -0.2) is 9.78 Å². The highest BCUT2D eigenvalue weighted by Gasteiger charge is 2.18. The number of nitrogens with zero attached hydrogens (tertiary/aromatic N) is 1. The van der Waals surface area contributed by atoms with Gasteiger partial charge in [0, 0.05) is 6.20 Å². The van der Waals surface area contributed by atoms with Crippen LogP contribution >= 0.6 is 0 Å². The van der Waals surface area contributed by atoms with Crippen molar-refractivity contribution >= 4 is 29.3 Å². The van der Waals surface area contributed by atoms with Crippen molar-refractivity contribution in [1.29, 1.82) is 0 Å². The highest BCUT2D eigenvalue weighted by atomic mass is 16.5. The van der Waals surface area contributed by atoms with Crippen molar-refractivity contribution in [2.75, 3.05) is 17.2 Å². The largest absolute Gasteiger partial charge is 0.462 e. The van der Waals surface area contributed by atoms with Gasteiger partial charge in [-0.05, 0) is 30.7 Å². The molecule has 0 spiro atoms. The lowest BCUT2D eigenvalue weighted by molar-refractivity contribution is -0.133. The maximum atomic E-state index is 12.1. The summed E-state index contributed by atoms with van der Waals surface area (Å²) in [6.45, 7) is 2.29. The Kier molecular flexibility index (Phi) is 6.65. The summed E-state index contributed by atoms with van der Waals surface area (Å²) in [6.07, 6.45) is 3.15. The zero-order valence-electron chi connectivity index (χ0n) is 13.8. The van der Waals surface area contributed by atoms with E-state index in [0.29, 0.717) is 6.61 Å². The minimum atomic E-state index is -0.903. The highest BCUT2D eigenvalue weighted by Crippen LogP contribution is 2.16. The topological polar surface area (TPSA) is 97.4 Å². The first-order valence-electron chi connectivity index (χ1n) is 7.91. The van der Waals surface area contributed by atoms with Gasteiger partial charge in [0.05, 0.1) is 17.9 Å². The van der Waals surface area contributed by atoms with Crippen LogP contribution in [-0.2, 0) is 14.3 Å². The minimum Gasteiger partial charge on any atom is -0.462 e. The second-order valence-corrected chi connectivity index (χ2v) is 5.16. The van der Waals surface area contributed by atoms with Gasteiger partial charge in [-0.2, -0.15) is 0 Å². The lowest BCUT2D eigenvalue weighted by atomic mass is 10.1. The molecule has 0 aliphatic rings. The summed E-state index contributed by atoms with van der Waals surface area (Å²) >= 11 is 0. The second-order valence-electron chi connectivity index (χ2n) is 5.16. The third-order valence-corrected chi connectivity index (χ3v) is 3.24. The summed E-state index contributed by atoms with van der Waals surface area (Å²) in [5.41, 5.74) is 0.405. The van der Waals surface area contributed by atoms with Crippen molar-refractivity contribution in [2.24, 2.45) is 0 Å². The van der Waals surface area contributed by atoms with E-state index in [1.165, 1.54) is 18.3 Å². The summed E-state index contributed by atoms with van der Waals surface area (Å²) in [5, 5.41) is 4.80. The third kappa shape index (κ3) is 5.42. The van der Waals surface area contributed by atoms with Gasteiger partial charge in [-0.1, -0.05) is 31.5 Å². The fourth-order valence-electron chi connectivity index (χ4n) is 1.95. The molecule has 0 saturated heterocycles. The molecule has 130 valence electrons. The molecule has 0 radical (unpaired) electrons. The van der Waals surface area contributed by atoms with Crippen LogP contribution in [0.5, 0.6) is 0 Å². The normalized spacial score (nSPS) is 9.96. The molecular formula is C18H19N3O4. The molecule has 2 aromatic rings. The van der Waals surface area contributed by atoms with E-state index >= 15 is 0 Å². The lowest BCUT2D eigenvalue weighted by Crippen LogP contribution is -2.30. The maximum absolute atomic E-state index is 12.1. The standard InChI is InChI=1S/C18H19N3O4/c1-2-3-12-25-18(24)13-8-4-5-9-14(13)20-16(22)17(23)21-15-10-6-7-11-19-15/h4-11H,2-3,12H2,1H3,(H,20,22)(H,19,21,23). The van der Waals surface area contributed by atoms with Gasteiger partial charge in [0.1, 0.15) is 5.82 Å². The second kappa shape index (κ2) is 9.17. The van der Waals surface area contributed by atoms with Crippen molar-refractivity contribution < 1.29 is 19.1 Å². The summed E-state index contributed by atoms with van der Waals surface area (Å²) in [4.78, 5) is 40.0. The van der Waals surface area contributed by atoms with Crippen LogP contribution in [0.25, 0.3) is 0 Å². The molecule has 0 fully saturated rings. The molecule has 0 aliphatic heterocycles. The van der Waals surface area contributed by atoms with Gasteiger partial charge in [0.15, 0.2) is 0 Å². The summed E-state index contributed by atoms with van der Waals surface area (Å²) in [7, 11) is 0. The van der Waals surface area contributed by atoms with E-state index in [2.05, 4.69) is 15.6 Å². The summed E-state index contributed by atoms with van der Waals surface area (Å²) in [6, 6.07) is 11.3. The van der Waals surface area contributed by atoms with Crippen LogP contribution in [0.1, 0.15) is 30.1 Å². The van der Waals surface area contributed by atoms with E-state index in [1.807, 2.05) is 6.92 Å². The van der Waals surface area contributed by atoms with Gasteiger partial charge < -0.3 is 15.4 Å². The predicted octanol–water partition coefficient (Wildman–Crippen LogP) is 2.62. The van der Waals surface area contributed by atoms with Gasteiger partial charge in [0.25, 0.3) is 0 Å². The Morgan fingerprint density at radius 2 is 1.72 bits per heavy atom. The van der Waals surface area contributed by atoms with E-state index in [-0.39, 0.29) is 17.1 Å². The van der Waals surface area contributed by atoms with Gasteiger partial charge in [-0.3, -0.25) is 9.59 Å². The summed E-state index contributed by atoms with van der Waals surface area (Å²) < 4.78 is 5.15. The van der Waals surface area contributed by atoms with Crippen molar-refractivity contribution in [3.8, 4) is 0 Å². The van der Waals surface area contributed by atoms with Crippen LogP contribution in [0.2, 0.25) is 0 Å². The molecule has 1 aromatic heterocycles. The molecule has 0 bridgehead atoms. The molecule has 0 aliphatic carbocycles. The zero-order chi connectivity index (χ0) is 18.1. The van der Waals surface area contributed by atoms with Crippen LogP contribution in [0.4, 0.5) is 11.5 Å². The monoisotopic (exact) mass is 341 g/mol. The maximum Gasteiger partial charge on any atom is 0.340 e. The molecule has 25 heavy (non-hydrogen) atoms. The molecule has 1 aromatic carbocycles. The van der Waals surface area contributed by atoms with Crippen LogP contribution < -0.4 is 10.6 Å². The quantitative estimate of drug-likeness (QED) is 0.478. The highest BCUT2D eigenvalue weighted by molar-refractivity contribution is 6.43. The number of nitrogens with one attached hydrogen (secondary N) is 2. The Balaban J connectivity index is 2.03. The van der Waals surface area contributed by atoms with Crippen molar-refractivity contribution in [1.82, 2.24) is 4.98 Å². The van der Waals surface area contributed by atoms with E-state index in [9.17, 15) is 14.4 Å². The number of unbranched alkanes of at least 4 members (excludes halogenated alkanes) is 1. The van der Waals surface area contributed by atoms with Crippen molar-refractivity contribution in [2.45, 2.75) is 19.8 Å². The van der Waals surface area contributed by atoms with E-state index in [4.69, 9.17) is 4.74 Å². The zero-order valence-corrected chi connectivity index (χ0v) is 13.8. The molecule has 2 amide bonds. The Hall–Kier alpha value is -3.22. The Morgan fingerprint density at radius 3 is 2.44 bits per heavy atom. The number of para-hydroxylation sites is 1. The number of hydrogen-bond donors (Lipinski definition) is 2. The molecule has 2 rings (SSSR count).